The van der Waals surface area contributed by atoms with Crippen molar-refractivity contribution in [1.82, 2.24) is 0 Å². The molecule has 0 bridgehead atoms. The maximum Gasteiger partial charge on any atom is 0.309 e. The zero-order chi connectivity index (χ0) is 7.98. The first kappa shape index (κ1) is 9.43. The van der Waals surface area contributed by atoms with E-state index >= 15 is 0 Å². The van der Waals surface area contributed by atoms with Crippen LogP contribution >= 0.6 is 0 Å². The molecule has 0 aromatic heterocycles. The predicted molar refractivity (Wildman–Crippen MR) is 39.2 cm³/mol. The van der Waals surface area contributed by atoms with Gasteiger partial charge in [-0.25, -0.2) is 0 Å². The van der Waals surface area contributed by atoms with Crippen molar-refractivity contribution < 1.29 is 9.53 Å². The molecule has 0 aromatic rings. The summed E-state index contributed by atoms with van der Waals surface area (Å²) in [6.45, 7) is 3.88. The second-order valence-electron chi connectivity index (χ2n) is 2.32. The van der Waals surface area contributed by atoms with Crippen molar-refractivity contribution in [2.24, 2.45) is 11.7 Å². The lowest BCUT2D eigenvalue weighted by Crippen LogP contribution is -2.18. The summed E-state index contributed by atoms with van der Waals surface area (Å²) >= 11 is 0. The summed E-state index contributed by atoms with van der Waals surface area (Å²) in [7, 11) is 0. The van der Waals surface area contributed by atoms with Crippen LogP contribution in [0.25, 0.3) is 0 Å². The Bertz CT molecular complexity index is 104. The highest BCUT2D eigenvalue weighted by Crippen LogP contribution is 2.05. The highest BCUT2D eigenvalue weighted by atomic mass is 16.5. The van der Waals surface area contributed by atoms with E-state index in [1.165, 1.54) is 0 Å². The zero-order valence-corrected chi connectivity index (χ0v) is 6.59. The van der Waals surface area contributed by atoms with Crippen LogP contribution in [-0.2, 0) is 9.53 Å². The summed E-state index contributed by atoms with van der Waals surface area (Å²) in [4.78, 5) is 10.8. The lowest BCUT2D eigenvalue weighted by atomic mass is 10.1. The van der Waals surface area contributed by atoms with Gasteiger partial charge in [0.1, 0.15) is 6.73 Å². The topological polar surface area (TPSA) is 52.3 Å². The minimum Gasteiger partial charge on any atom is -0.450 e. The molecule has 0 radical (unpaired) electrons. The highest BCUT2D eigenvalue weighted by Gasteiger charge is 2.11. The third kappa shape index (κ3) is 3.45. The van der Waals surface area contributed by atoms with Gasteiger partial charge in [0, 0.05) is 0 Å². The molecule has 0 fully saturated rings. The summed E-state index contributed by atoms with van der Waals surface area (Å²) < 4.78 is 4.60. The first-order valence-corrected chi connectivity index (χ1v) is 3.59. The van der Waals surface area contributed by atoms with Gasteiger partial charge in [0.2, 0.25) is 0 Å². The van der Waals surface area contributed by atoms with Crippen LogP contribution in [0, 0.1) is 5.92 Å². The van der Waals surface area contributed by atoms with E-state index in [9.17, 15) is 4.79 Å². The molecule has 0 rings (SSSR count). The molecule has 0 heterocycles. The molecule has 0 aliphatic rings. The molecule has 60 valence electrons. The normalized spacial score (nSPS) is 12.7. The molecule has 0 saturated carbocycles. The maximum absolute atomic E-state index is 10.8. The molecule has 3 nitrogen and oxygen atoms in total. The fraction of sp³-hybridized carbons (Fsp3) is 0.857. The van der Waals surface area contributed by atoms with Gasteiger partial charge < -0.3 is 4.74 Å². The van der Waals surface area contributed by atoms with Crippen molar-refractivity contribution in [3.8, 4) is 0 Å². The summed E-state index contributed by atoms with van der Waals surface area (Å²) in [6, 6.07) is 0. The molecule has 3 heteroatoms. The number of rotatable bonds is 4. The maximum atomic E-state index is 10.8. The van der Waals surface area contributed by atoms with Crippen molar-refractivity contribution in [2.45, 2.75) is 26.7 Å². The van der Waals surface area contributed by atoms with E-state index in [1.54, 1.807) is 0 Å². The van der Waals surface area contributed by atoms with E-state index in [0.717, 1.165) is 12.8 Å². The molecular formula is C7H15NO2. The Balaban J connectivity index is 3.49. The zero-order valence-electron chi connectivity index (χ0n) is 6.59. The Morgan fingerprint density at radius 2 is 2.30 bits per heavy atom. The van der Waals surface area contributed by atoms with Gasteiger partial charge in [-0.1, -0.05) is 20.3 Å². The molecule has 0 saturated heterocycles. The van der Waals surface area contributed by atoms with Crippen molar-refractivity contribution in [2.75, 3.05) is 6.73 Å². The van der Waals surface area contributed by atoms with Gasteiger partial charge in [-0.2, -0.15) is 0 Å². The Hall–Kier alpha value is -0.570. The molecule has 0 spiro atoms. The fourth-order valence-electron chi connectivity index (χ4n) is 0.775. The van der Waals surface area contributed by atoms with Crippen LogP contribution in [0.4, 0.5) is 0 Å². The van der Waals surface area contributed by atoms with Gasteiger partial charge >= 0.3 is 5.97 Å². The first-order valence-electron chi connectivity index (χ1n) is 3.59. The van der Waals surface area contributed by atoms with Crippen LogP contribution in [0.3, 0.4) is 0 Å². The van der Waals surface area contributed by atoms with E-state index in [2.05, 4.69) is 4.74 Å². The van der Waals surface area contributed by atoms with Crippen LogP contribution < -0.4 is 5.73 Å². The van der Waals surface area contributed by atoms with Gasteiger partial charge in [0.15, 0.2) is 0 Å². The molecule has 0 aliphatic carbocycles. The average molecular weight is 145 g/mol. The third-order valence-electron chi connectivity index (χ3n) is 1.35. The number of carbonyl (C=O) groups excluding carboxylic acids is 1. The van der Waals surface area contributed by atoms with E-state index in [-0.39, 0.29) is 18.6 Å². The standard InChI is InChI=1S/C7H15NO2/c1-3-4-6(2)7(9)10-5-8/h6H,3-5,8H2,1-2H3. The molecule has 10 heavy (non-hydrogen) atoms. The van der Waals surface area contributed by atoms with Crippen LogP contribution in [0.15, 0.2) is 0 Å². The van der Waals surface area contributed by atoms with E-state index < -0.39 is 0 Å². The summed E-state index contributed by atoms with van der Waals surface area (Å²) in [5.74, 6) is -0.196. The average Bonchev–Trinajstić information content (AvgIpc) is 1.89. The Labute approximate surface area is 61.5 Å². The Kier molecular flexibility index (Phi) is 4.94. The van der Waals surface area contributed by atoms with Gasteiger partial charge in [0.25, 0.3) is 0 Å². The smallest absolute Gasteiger partial charge is 0.309 e. The summed E-state index contributed by atoms with van der Waals surface area (Å²) in [5.41, 5.74) is 5.02. The second kappa shape index (κ2) is 5.23. The number of carbonyl (C=O) groups is 1. The number of ether oxygens (including phenoxy) is 1. The number of hydrogen-bond acceptors (Lipinski definition) is 3. The van der Waals surface area contributed by atoms with Crippen LogP contribution in [0.5, 0.6) is 0 Å². The first-order chi connectivity index (χ1) is 4.72. The van der Waals surface area contributed by atoms with Crippen molar-refractivity contribution >= 4 is 5.97 Å². The SMILES string of the molecule is CCCC(C)C(=O)OCN. The van der Waals surface area contributed by atoms with Gasteiger partial charge in [0.05, 0.1) is 5.92 Å². The second-order valence-corrected chi connectivity index (χ2v) is 2.32. The monoisotopic (exact) mass is 145 g/mol. The molecule has 1 atom stereocenters. The van der Waals surface area contributed by atoms with Gasteiger partial charge in [-0.05, 0) is 6.42 Å². The lowest BCUT2D eigenvalue weighted by molar-refractivity contribution is -0.147. The van der Waals surface area contributed by atoms with Crippen LogP contribution in [0.1, 0.15) is 26.7 Å². The molecule has 1 unspecified atom stereocenters. The van der Waals surface area contributed by atoms with E-state index in [0.29, 0.717) is 0 Å². The van der Waals surface area contributed by atoms with Crippen molar-refractivity contribution in [3.63, 3.8) is 0 Å². The van der Waals surface area contributed by atoms with Crippen LogP contribution in [0.2, 0.25) is 0 Å². The fourth-order valence-corrected chi connectivity index (χ4v) is 0.775. The minimum absolute atomic E-state index is 0.00597. The largest absolute Gasteiger partial charge is 0.450 e. The Morgan fingerprint density at radius 3 is 2.70 bits per heavy atom. The lowest BCUT2D eigenvalue weighted by Gasteiger charge is -2.07. The predicted octanol–water partition coefficient (Wildman–Crippen LogP) is 0.882. The molecule has 0 aliphatic heterocycles. The third-order valence-corrected chi connectivity index (χ3v) is 1.35. The molecule has 0 amide bonds. The molecular weight excluding hydrogens is 130 g/mol. The van der Waals surface area contributed by atoms with Crippen LogP contribution in [-0.4, -0.2) is 12.7 Å². The van der Waals surface area contributed by atoms with Gasteiger partial charge in [-0.15, -0.1) is 0 Å². The molecule has 2 N–H and O–H groups in total. The highest BCUT2D eigenvalue weighted by molar-refractivity contribution is 5.71. The summed E-state index contributed by atoms with van der Waals surface area (Å²) in [5, 5.41) is 0. The Morgan fingerprint density at radius 1 is 1.70 bits per heavy atom. The molecule has 0 aromatic carbocycles. The minimum atomic E-state index is -0.190. The van der Waals surface area contributed by atoms with Crippen molar-refractivity contribution in [3.05, 3.63) is 0 Å². The quantitative estimate of drug-likeness (QED) is 0.472. The number of hydrogen-bond donors (Lipinski definition) is 1. The van der Waals surface area contributed by atoms with Crippen molar-refractivity contribution in [1.29, 1.82) is 0 Å². The van der Waals surface area contributed by atoms with Gasteiger partial charge in [-0.3, -0.25) is 10.5 Å². The van der Waals surface area contributed by atoms with E-state index in [1.807, 2.05) is 13.8 Å². The number of nitrogens with two attached hydrogens (primary N) is 1. The number of esters is 1. The van der Waals surface area contributed by atoms with E-state index in [4.69, 9.17) is 5.73 Å². The summed E-state index contributed by atoms with van der Waals surface area (Å²) in [6.07, 6.45) is 1.87.